The number of allylic oxidation sites excluding steroid dienone is 1. The predicted octanol–water partition coefficient (Wildman–Crippen LogP) is 4.70. The van der Waals surface area contributed by atoms with E-state index in [1.807, 2.05) is 12.1 Å². The van der Waals surface area contributed by atoms with Crippen molar-refractivity contribution < 1.29 is 24.9 Å². The van der Waals surface area contributed by atoms with E-state index in [9.17, 15) is 20.1 Å². The van der Waals surface area contributed by atoms with Gasteiger partial charge in [0.2, 0.25) is 5.91 Å². The van der Waals surface area contributed by atoms with Gasteiger partial charge in [0.05, 0.1) is 19.3 Å². The van der Waals surface area contributed by atoms with Gasteiger partial charge < -0.3 is 25.4 Å². The summed E-state index contributed by atoms with van der Waals surface area (Å²) in [5.41, 5.74) is 1.97. The van der Waals surface area contributed by atoms with E-state index in [2.05, 4.69) is 46.0 Å². The zero-order valence-electron chi connectivity index (χ0n) is 21.5. The smallest absolute Gasteiger partial charge is 0.247 e. The van der Waals surface area contributed by atoms with Crippen LogP contribution in [0.2, 0.25) is 0 Å². The number of phenolic OH excluding ortho intramolecular Hbond substituents is 1. The molecular formula is C28H43NO5. The number of benzene rings is 1. The van der Waals surface area contributed by atoms with Gasteiger partial charge in [-0.2, -0.15) is 0 Å². The number of aliphatic hydroxyl groups is 2. The minimum absolute atomic E-state index is 0.0482. The summed E-state index contributed by atoms with van der Waals surface area (Å²) in [5, 5.41) is 32.5. The molecule has 1 heterocycles. The maximum atomic E-state index is 12.8. The molecule has 0 saturated heterocycles. The van der Waals surface area contributed by atoms with Crippen molar-refractivity contribution >= 4 is 5.91 Å². The largest absolute Gasteiger partial charge is 0.508 e. The van der Waals surface area contributed by atoms with Gasteiger partial charge in [-0.3, -0.25) is 4.79 Å². The van der Waals surface area contributed by atoms with Crippen LogP contribution < -0.4 is 10.1 Å². The molecule has 0 fully saturated rings. The number of carbonyl (C=O) groups is 1. The highest BCUT2D eigenvalue weighted by Gasteiger charge is 2.47. The number of hydrogen-bond donors (Lipinski definition) is 4. The van der Waals surface area contributed by atoms with Crippen LogP contribution in [0.3, 0.4) is 0 Å². The molecule has 1 amide bonds. The van der Waals surface area contributed by atoms with Crippen LogP contribution in [0.25, 0.3) is 0 Å². The van der Waals surface area contributed by atoms with Crippen molar-refractivity contribution in [3.63, 3.8) is 0 Å². The molecular weight excluding hydrogens is 430 g/mol. The highest BCUT2D eigenvalue weighted by molar-refractivity contribution is 5.94. The number of carbonyl (C=O) groups excluding carboxylic acids is 1. The zero-order chi connectivity index (χ0) is 25.1. The van der Waals surface area contributed by atoms with E-state index in [4.69, 9.17) is 4.74 Å². The third-order valence-corrected chi connectivity index (χ3v) is 7.81. The van der Waals surface area contributed by atoms with Crippen LogP contribution >= 0.6 is 0 Å². The Balaban J connectivity index is 1.89. The lowest BCUT2D eigenvalue weighted by atomic mass is 9.66. The van der Waals surface area contributed by atoms with E-state index in [1.54, 1.807) is 0 Å². The van der Waals surface area contributed by atoms with Gasteiger partial charge >= 0.3 is 0 Å². The molecule has 0 aromatic heterocycles. The molecule has 6 nitrogen and oxygen atoms in total. The van der Waals surface area contributed by atoms with Crippen LogP contribution in [-0.4, -0.2) is 46.1 Å². The maximum Gasteiger partial charge on any atom is 0.247 e. The van der Waals surface area contributed by atoms with Crippen LogP contribution in [0.4, 0.5) is 0 Å². The molecule has 1 aliphatic carbocycles. The summed E-state index contributed by atoms with van der Waals surface area (Å²) >= 11 is 0. The van der Waals surface area contributed by atoms with Crippen LogP contribution in [0.15, 0.2) is 23.8 Å². The van der Waals surface area contributed by atoms with Gasteiger partial charge in [-0.05, 0) is 56.2 Å². The lowest BCUT2D eigenvalue weighted by Gasteiger charge is -2.47. The molecule has 4 N–H and O–H groups in total. The fraction of sp³-hybridized carbons (Fsp3) is 0.679. The van der Waals surface area contributed by atoms with Gasteiger partial charge in [0, 0.05) is 23.0 Å². The molecule has 1 aromatic carbocycles. The summed E-state index contributed by atoms with van der Waals surface area (Å²) in [5.74, 6) is 0.759. The van der Waals surface area contributed by atoms with Crippen LogP contribution in [0.1, 0.15) is 96.6 Å². The molecule has 190 valence electrons. The molecule has 0 unspecified atom stereocenters. The summed E-state index contributed by atoms with van der Waals surface area (Å²) in [7, 11) is 0. The van der Waals surface area contributed by atoms with E-state index in [0.29, 0.717) is 24.2 Å². The number of hydrogen-bond acceptors (Lipinski definition) is 5. The van der Waals surface area contributed by atoms with E-state index in [-0.39, 0.29) is 42.1 Å². The van der Waals surface area contributed by atoms with Gasteiger partial charge in [-0.1, -0.05) is 52.5 Å². The summed E-state index contributed by atoms with van der Waals surface area (Å²) < 4.78 is 6.49. The molecule has 2 aliphatic rings. The number of amides is 1. The third kappa shape index (κ3) is 5.60. The fourth-order valence-corrected chi connectivity index (χ4v) is 5.54. The van der Waals surface area contributed by atoms with E-state index < -0.39 is 11.6 Å². The number of aliphatic hydroxyl groups excluding tert-OH is 2. The molecule has 0 bridgehead atoms. The van der Waals surface area contributed by atoms with Gasteiger partial charge in [-0.25, -0.2) is 0 Å². The van der Waals surface area contributed by atoms with E-state index >= 15 is 0 Å². The van der Waals surface area contributed by atoms with Crippen LogP contribution in [-0.2, 0) is 10.2 Å². The Labute approximate surface area is 204 Å². The Bertz CT molecular complexity index is 900. The van der Waals surface area contributed by atoms with E-state index in [1.165, 1.54) is 19.3 Å². The molecule has 2 atom stereocenters. The number of ether oxygens (including phenoxy) is 1. The summed E-state index contributed by atoms with van der Waals surface area (Å²) in [4.78, 5) is 12.8. The first-order valence-corrected chi connectivity index (χ1v) is 12.8. The Morgan fingerprint density at radius 1 is 1.21 bits per heavy atom. The number of aromatic hydroxyl groups is 1. The number of nitrogens with one attached hydrogen (secondary N) is 1. The van der Waals surface area contributed by atoms with Crippen molar-refractivity contribution in [1.29, 1.82) is 0 Å². The third-order valence-electron chi connectivity index (χ3n) is 7.81. The Morgan fingerprint density at radius 3 is 2.56 bits per heavy atom. The van der Waals surface area contributed by atoms with E-state index in [0.717, 1.165) is 24.0 Å². The topological polar surface area (TPSA) is 99.0 Å². The number of rotatable bonds is 10. The van der Waals surface area contributed by atoms with Crippen molar-refractivity contribution in [3.8, 4) is 11.5 Å². The molecule has 6 heteroatoms. The molecule has 0 spiro atoms. The Morgan fingerprint density at radius 2 is 1.91 bits per heavy atom. The normalized spacial score (nSPS) is 21.4. The van der Waals surface area contributed by atoms with Crippen molar-refractivity contribution in [2.75, 3.05) is 13.2 Å². The first-order chi connectivity index (χ1) is 16.0. The van der Waals surface area contributed by atoms with Crippen LogP contribution in [0.5, 0.6) is 11.5 Å². The maximum absolute atomic E-state index is 12.8. The fourth-order valence-electron chi connectivity index (χ4n) is 5.54. The van der Waals surface area contributed by atoms with Crippen molar-refractivity contribution in [1.82, 2.24) is 5.32 Å². The summed E-state index contributed by atoms with van der Waals surface area (Å²) in [6.45, 7) is 10.2. The van der Waals surface area contributed by atoms with Gasteiger partial charge in [0.15, 0.2) is 0 Å². The second-order valence-electron chi connectivity index (χ2n) is 11.2. The second kappa shape index (κ2) is 10.7. The second-order valence-corrected chi connectivity index (χ2v) is 11.2. The van der Waals surface area contributed by atoms with Gasteiger partial charge in [0.25, 0.3) is 0 Å². The molecule has 3 rings (SSSR count). The SMILES string of the molecule is CCCCCCC(C)(C)c1cc(O)c2c(c1)OC(C)(C)[C@@H]1CC=C(C(=O)NC(CO)CO)C[C@@H]21. The average Bonchev–Trinajstić information content (AvgIpc) is 2.79. The predicted molar refractivity (Wildman–Crippen MR) is 134 cm³/mol. The van der Waals surface area contributed by atoms with Crippen molar-refractivity contribution in [2.45, 2.75) is 103 Å². The summed E-state index contributed by atoms with van der Waals surface area (Å²) in [6, 6.07) is 3.31. The lowest BCUT2D eigenvalue weighted by molar-refractivity contribution is -0.119. The summed E-state index contributed by atoms with van der Waals surface area (Å²) in [6.07, 6.45) is 8.94. The average molecular weight is 474 g/mol. The first-order valence-electron chi connectivity index (χ1n) is 12.8. The zero-order valence-corrected chi connectivity index (χ0v) is 21.5. The van der Waals surface area contributed by atoms with Gasteiger partial charge in [-0.15, -0.1) is 0 Å². The molecule has 34 heavy (non-hydrogen) atoms. The van der Waals surface area contributed by atoms with Crippen molar-refractivity contribution in [3.05, 3.63) is 34.9 Å². The van der Waals surface area contributed by atoms with Crippen LogP contribution in [0, 0.1) is 5.92 Å². The number of phenols is 1. The minimum Gasteiger partial charge on any atom is -0.508 e. The first kappa shape index (κ1) is 26.6. The number of unbranched alkanes of at least 4 members (excludes halogenated alkanes) is 3. The Hall–Kier alpha value is -2.05. The quantitative estimate of drug-likeness (QED) is 0.369. The van der Waals surface area contributed by atoms with Gasteiger partial charge in [0.1, 0.15) is 17.1 Å². The Kier molecular flexibility index (Phi) is 8.35. The van der Waals surface area contributed by atoms with Crippen molar-refractivity contribution in [2.24, 2.45) is 5.92 Å². The molecule has 0 radical (unpaired) electrons. The molecule has 1 aliphatic heterocycles. The number of fused-ring (bicyclic) bond motifs is 3. The standard InChI is InChI=1S/C28H43NO5/c1-6-7-8-9-12-27(2,3)19-14-23(32)25-21-13-18(26(33)29-20(16-30)17-31)10-11-22(21)28(4,5)34-24(25)15-19/h10,14-15,20-22,30-32H,6-9,11-13,16-17H2,1-5H3,(H,29,33)/t21-,22-/m1/s1. The lowest BCUT2D eigenvalue weighted by Crippen LogP contribution is -2.47. The highest BCUT2D eigenvalue weighted by atomic mass is 16.5. The molecule has 0 saturated carbocycles. The minimum atomic E-state index is -0.681. The highest BCUT2D eigenvalue weighted by Crippen LogP contribution is 2.55. The molecule has 1 aromatic rings. The monoisotopic (exact) mass is 473 g/mol.